The van der Waals surface area contributed by atoms with Crippen LogP contribution in [-0.2, 0) is 4.74 Å². The zero-order chi connectivity index (χ0) is 12.8. The molecule has 0 saturated carbocycles. The van der Waals surface area contributed by atoms with E-state index in [1.165, 1.54) is 0 Å². The number of nitrogens with one attached hydrogen (secondary N) is 1. The highest BCUT2D eigenvalue weighted by molar-refractivity contribution is 9.10. The summed E-state index contributed by atoms with van der Waals surface area (Å²) in [7, 11) is 0. The minimum atomic E-state index is 0.656. The van der Waals surface area contributed by atoms with Crippen LogP contribution in [-0.4, -0.2) is 39.5 Å². The molecule has 2 rings (SSSR count). The Balaban J connectivity index is 1.68. The van der Waals surface area contributed by atoms with E-state index in [1.807, 2.05) is 18.2 Å². The minimum absolute atomic E-state index is 0.656. The van der Waals surface area contributed by atoms with Gasteiger partial charge in [-0.3, -0.25) is 0 Å². The van der Waals surface area contributed by atoms with E-state index in [4.69, 9.17) is 21.1 Å². The van der Waals surface area contributed by atoms with E-state index in [0.717, 1.165) is 49.5 Å². The smallest absolute Gasteiger partial charge is 0.137 e. The minimum Gasteiger partial charge on any atom is -0.492 e. The zero-order valence-electron chi connectivity index (χ0n) is 10.3. The third kappa shape index (κ3) is 4.43. The van der Waals surface area contributed by atoms with Crippen molar-refractivity contribution in [3.05, 3.63) is 27.7 Å². The lowest BCUT2D eigenvalue weighted by atomic mass is 10.3. The molecule has 1 aromatic carbocycles. The van der Waals surface area contributed by atoms with Gasteiger partial charge in [0.1, 0.15) is 18.8 Å². The maximum Gasteiger partial charge on any atom is 0.137 e. The number of halogens is 2. The van der Waals surface area contributed by atoms with Gasteiger partial charge in [-0.1, -0.05) is 27.5 Å². The second-order valence-electron chi connectivity index (χ2n) is 4.39. The molecule has 1 aliphatic heterocycles. The van der Waals surface area contributed by atoms with E-state index in [-0.39, 0.29) is 0 Å². The predicted octanol–water partition coefficient (Wildman–Crippen LogP) is 1.79. The Hall–Kier alpha value is -0.290. The second kappa shape index (κ2) is 7.34. The molecule has 1 saturated heterocycles. The number of quaternary nitrogens is 1. The molecule has 0 bridgehead atoms. The van der Waals surface area contributed by atoms with Crippen molar-refractivity contribution in [1.29, 1.82) is 0 Å². The van der Waals surface area contributed by atoms with Crippen molar-refractivity contribution in [2.75, 3.05) is 39.5 Å². The molecule has 5 heteroatoms. The molecule has 100 valence electrons. The number of rotatable bonds is 5. The molecule has 1 heterocycles. The SMILES string of the molecule is Clc1cc(Br)ccc1OCCC[NH+]1CCOCC1. The van der Waals surface area contributed by atoms with Crippen molar-refractivity contribution in [2.24, 2.45) is 0 Å². The van der Waals surface area contributed by atoms with Crippen LogP contribution in [0.15, 0.2) is 22.7 Å². The highest BCUT2D eigenvalue weighted by Crippen LogP contribution is 2.27. The first-order valence-electron chi connectivity index (χ1n) is 6.25. The molecule has 18 heavy (non-hydrogen) atoms. The third-order valence-electron chi connectivity index (χ3n) is 3.03. The van der Waals surface area contributed by atoms with Crippen molar-refractivity contribution in [3.8, 4) is 5.75 Å². The molecular formula is C13H18BrClNO2+. The molecular weight excluding hydrogens is 318 g/mol. The fraction of sp³-hybridized carbons (Fsp3) is 0.538. The van der Waals surface area contributed by atoms with Crippen molar-refractivity contribution in [3.63, 3.8) is 0 Å². The van der Waals surface area contributed by atoms with Gasteiger partial charge in [-0.25, -0.2) is 0 Å². The molecule has 0 radical (unpaired) electrons. The van der Waals surface area contributed by atoms with Crippen LogP contribution in [0.25, 0.3) is 0 Å². The lowest BCUT2D eigenvalue weighted by molar-refractivity contribution is -0.908. The van der Waals surface area contributed by atoms with Gasteiger partial charge in [-0.2, -0.15) is 0 Å². The predicted molar refractivity (Wildman–Crippen MR) is 75.6 cm³/mol. The quantitative estimate of drug-likeness (QED) is 0.829. The van der Waals surface area contributed by atoms with E-state index in [1.54, 1.807) is 4.90 Å². The number of hydrogen-bond donors (Lipinski definition) is 1. The number of benzene rings is 1. The van der Waals surface area contributed by atoms with Gasteiger partial charge in [0.2, 0.25) is 0 Å². The summed E-state index contributed by atoms with van der Waals surface area (Å²) in [5, 5.41) is 0.656. The van der Waals surface area contributed by atoms with Gasteiger partial charge in [0.05, 0.1) is 31.4 Å². The topological polar surface area (TPSA) is 22.9 Å². The van der Waals surface area contributed by atoms with Crippen LogP contribution in [0.5, 0.6) is 5.75 Å². The molecule has 3 nitrogen and oxygen atoms in total. The summed E-state index contributed by atoms with van der Waals surface area (Å²) in [6.45, 7) is 5.84. The fourth-order valence-corrected chi connectivity index (χ4v) is 2.73. The Morgan fingerprint density at radius 1 is 1.33 bits per heavy atom. The number of hydrogen-bond acceptors (Lipinski definition) is 2. The highest BCUT2D eigenvalue weighted by Gasteiger charge is 2.12. The average molecular weight is 336 g/mol. The normalized spacial score (nSPS) is 16.8. The Kier molecular flexibility index (Phi) is 5.76. The molecule has 0 unspecified atom stereocenters. The highest BCUT2D eigenvalue weighted by atomic mass is 79.9. The van der Waals surface area contributed by atoms with Crippen LogP contribution in [0.3, 0.4) is 0 Å². The van der Waals surface area contributed by atoms with E-state index < -0.39 is 0 Å². The Morgan fingerprint density at radius 2 is 2.11 bits per heavy atom. The van der Waals surface area contributed by atoms with Crippen LogP contribution in [0.4, 0.5) is 0 Å². The van der Waals surface area contributed by atoms with Crippen LogP contribution >= 0.6 is 27.5 Å². The molecule has 0 spiro atoms. The third-order valence-corrected chi connectivity index (χ3v) is 3.81. The summed E-state index contributed by atoms with van der Waals surface area (Å²) in [6, 6.07) is 5.69. The Labute approximate surface area is 121 Å². The zero-order valence-corrected chi connectivity index (χ0v) is 12.6. The van der Waals surface area contributed by atoms with Crippen LogP contribution in [0.2, 0.25) is 5.02 Å². The summed E-state index contributed by atoms with van der Waals surface area (Å²) in [5.41, 5.74) is 0. The molecule has 1 aliphatic rings. The Morgan fingerprint density at radius 3 is 2.83 bits per heavy atom. The van der Waals surface area contributed by atoms with Gasteiger partial charge in [0.15, 0.2) is 0 Å². The molecule has 1 aromatic rings. The van der Waals surface area contributed by atoms with Crippen molar-refractivity contribution in [1.82, 2.24) is 0 Å². The molecule has 1 N–H and O–H groups in total. The maximum atomic E-state index is 6.08. The lowest BCUT2D eigenvalue weighted by Gasteiger charge is -2.23. The van der Waals surface area contributed by atoms with Crippen molar-refractivity contribution in [2.45, 2.75) is 6.42 Å². The second-order valence-corrected chi connectivity index (χ2v) is 5.71. The van der Waals surface area contributed by atoms with Crippen molar-refractivity contribution >= 4 is 27.5 Å². The molecule has 0 aliphatic carbocycles. The summed E-state index contributed by atoms with van der Waals surface area (Å²) < 4.78 is 12.0. The average Bonchev–Trinajstić information content (AvgIpc) is 2.38. The molecule has 0 amide bonds. The monoisotopic (exact) mass is 334 g/mol. The molecule has 0 aromatic heterocycles. The summed E-state index contributed by atoms with van der Waals surface area (Å²) >= 11 is 9.46. The lowest BCUT2D eigenvalue weighted by Crippen LogP contribution is -3.14. The van der Waals surface area contributed by atoms with Gasteiger partial charge >= 0.3 is 0 Å². The largest absolute Gasteiger partial charge is 0.492 e. The first-order valence-corrected chi connectivity index (χ1v) is 7.42. The van der Waals surface area contributed by atoms with E-state index >= 15 is 0 Å². The van der Waals surface area contributed by atoms with Gasteiger partial charge in [0, 0.05) is 10.9 Å². The number of ether oxygens (including phenoxy) is 2. The first kappa shape index (κ1) is 14.1. The van der Waals surface area contributed by atoms with Gasteiger partial charge in [-0.05, 0) is 18.2 Å². The summed E-state index contributed by atoms with van der Waals surface area (Å²) in [4.78, 5) is 1.60. The summed E-state index contributed by atoms with van der Waals surface area (Å²) in [6.07, 6.45) is 1.04. The maximum absolute atomic E-state index is 6.08. The first-order chi connectivity index (χ1) is 8.75. The van der Waals surface area contributed by atoms with E-state index in [9.17, 15) is 0 Å². The van der Waals surface area contributed by atoms with Crippen LogP contribution in [0.1, 0.15) is 6.42 Å². The molecule has 1 fully saturated rings. The van der Waals surface area contributed by atoms with E-state index in [2.05, 4.69) is 15.9 Å². The molecule has 0 atom stereocenters. The fourth-order valence-electron chi connectivity index (χ4n) is 2.01. The van der Waals surface area contributed by atoms with Gasteiger partial charge in [0.25, 0.3) is 0 Å². The van der Waals surface area contributed by atoms with Crippen molar-refractivity contribution < 1.29 is 14.4 Å². The summed E-state index contributed by atoms with van der Waals surface area (Å²) in [5.74, 6) is 0.761. The van der Waals surface area contributed by atoms with E-state index in [0.29, 0.717) is 11.6 Å². The Bertz CT molecular complexity index is 383. The number of morpholine rings is 1. The van der Waals surface area contributed by atoms with Crippen LogP contribution < -0.4 is 9.64 Å². The standard InChI is InChI=1S/C13H17BrClNO2/c14-11-2-3-13(12(15)10-11)18-7-1-4-16-5-8-17-9-6-16/h2-3,10H,1,4-9H2/p+1. The van der Waals surface area contributed by atoms with Gasteiger partial charge in [-0.15, -0.1) is 0 Å². The van der Waals surface area contributed by atoms with Gasteiger partial charge < -0.3 is 14.4 Å². The van der Waals surface area contributed by atoms with Crippen LogP contribution in [0, 0.1) is 0 Å².